The van der Waals surface area contributed by atoms with E-state index < -0.39 is 5.54 Å². The number of benzene rings is 3. The molecule has 0 aliphatic heterocycles. The summed E-state index contributed by atoms with van der Waals surface area (Å²) in [5, 5.41) is 25.7. The zero-order valence-electron chi connectivity index (χ0n) is 28.7. The van der Waals surface area contributed by atoms with Crippen LogP contribution in [0.2, 0.25) is 5.15 Å². The van der Waals surface area contributed by atoms with E-state index in [4.69, 9.17) is 27.0 Å². The fourth-order valence-corrected chi connectivity index (χ4v) is 9.16. The summed E-state index contributed by atoms with van der Waals surface area (Å²) in [5.74, 6) is 3.99. The number of imidazole rings is 1. The van der Waals surface area contributed by atoms with Crippen molar-refractivity contribution in [2.45, 2.75) is 102 Å². The van der Waals surface area contributed by atoms with Crippen LogP contribution >= 0.6 is 11.6 Å². The highest BCUT2D eigenvalue weighted by atomic mass is 35.5. The Hall–Kier alpha value is -3.81. The fourth-order valence-electron chi connectivity index (χ4n) is 8.90. The van der Waals surface area contributed by atoms with Crippen molar-refractivity contribution in [2.24, 2.45) is 17.8 Å². The molecule has 8 heteroatoms. The number of aryl methyl sites for hydroxylation is 1. The number of hydrogen-bond acceptors (Lipinski definition) is 5. The van der Waals surface area contributed by atoms with Gasteiger partial charge in [-0.2, -0.15) is 0 Å². The Morgan fingerprint density at radius 3 is 1.96 bits per heavy atom. The number of tetrazole rings is 1. The van der Waals surface area contributed by atoms with Crippen LogP contribution in [0.15, 0.2) is 91.0 Å². The molecule has 2 atom stereocenters. The molecule has 0 spiro atoms. The molecule has 2 fully saturated rings. The molecule has 1 N–H and O–H groups in total. The smallest absolute Gasteiger partial charge is 0.178 e. The summed E-state index contributed by atoms with van der Waals surface area (Å²) >= 11 is 6.47. The third kappa shape index (κ3) is 6.72. The predicted molar refractivity (Wildman–Crippen MR) is 194 cm³/mol. The molecule has 2 aromatic heterocycles. The quantitative estimate of drug-likeness (QED) is 0.133. The van der Waals surface area contributed by atoms with Crippen molar-refractivity contribution in [1.29, 1.82) is 0 Å². The molecule has 256 valence electrons. The molecular formula is C41H49ClN6O. The largest absolute Gasteiger partial charge is 0.390 e. The van der Waals surface area contributed by atoms with Crippen molar-refractivity contribution in [1.82, 2.24) is 29.8 Å². The first kappa shape index (κ1) is 33.7. The normalized spacial score (nSPS) is 21.5. The lowest BCUT2D eigenvalue weighted by Crippen LogP contribution is -2.39. The van der Waals surface area contributed by atoms with E-state index in [0.717, 1.165) is 66.3 Å². The molecule has 0 amide bonds. The zero-order valence-corrected chi connectivity index (χ0v) is 29.4. The summed E-state index contributed by atoms with van der Waals surface area (Å²) in [5.41, 5.74) is 3.34. The summed E-state index contributed by atoms with van der Waals surface area (Å²) in [6.07, 6.45) is 12.7. The SMILES string of the molecule is CCCCc1nc(Cl)c(CO)n1CC1CCC(C2CCCCC2c2nnn(C(c3ccccc3)(c3ccccc3)c3ccccc3)n2)CC1. The monoisotopic (exact) mass is 676 g/mol. The molecule has 7 nitrogen and oxygen atoms in total. The van der Waals surface area contributed by atoms with Gasteiger partial charge in [-0.15, -0.1) is 15.0 Å². The third-order valence-corrected chi connectivity index (χ3v) is 11.7. The second-order valence-corrected chi connectivity index (χ2v) is 14.6. The number of aliphatic hydroxyl groups excluding tert-OH is 1. The lowest BCUT2D eigenvalue weighted by molar-refractivity contribution is 0.136. The minimum absolute atomic E-state index is 0.0646. The van der Waals surface area contributed by atoms with E-state index in [2.05, 4.69) is 107 Å². The van der Waals surface area contributed by atoms with Crippen LogP contribution in [0.25, 0.3) is 0 Å². The van der Waals surface area contributed by atoms with Crippen molar-refractivity contribution < 1.29 is 5.11 Å². The Balaban J connectivity index is 1.15. The summed E-state index contributed by atoms with van der Waals surface area (Å²) in [7, 11) is 0. The number of aromatic nitrogens is 6. The average molecular weight is 677 g/mol. The molecule has 5 aromatic rings. The van der Waals surface area contributed by atoms with Crippen LogP contribution in [0.1, 0.15) is 111 Å². The highest BCUT2D eigenvalue weighted by Gasteiger charge is 2.43. The van der Waals surface area contributed by atoms with E-state index >= 15 is 0 Å². The van der Waals surface area contributed by atoms with Gasteiger partial charge in [-0.05, 0) is 84.6 Å². The van der Waals surface area contributed by atoms with Gasteiger partial charge in [0.05, 0.1) is 12.3 Å². The number of hydrogen-bond donors (Lipinski definition) is 1. The topological polar surface area (TPSA) is 81.7 Å². The second-order valence-electron chi connectivity index (χ2n) is 14.2. The van der Waals surface area contributed by atoms with Crippen molar-refractivity contribution >= 4 is 11.6 Å². The zero-order chi connectivity index (χ0) is 33.6. The van der Waals surface area contributed by atoms with Crippen LogP contribution in [0.5, 0.6) is 0 Å². The van der Waals surface area contributed by atoms with Crippen molar-refractivity contribution in [2.75, 3.05) is 0 Å². The van der Waals surface area contributed by atoms with E-state index in [1.807, 2.05) is 4.80 Å². The first-order valence-corrected chi connectivity index (χ1v) is 18.8. The number of halogens is 1. The Labute approximate surface area is 295 Å². The first-order valence-electron chi connectivity index (χ1n) is 18.4. The van der Waals surface area contributed by atoms with Gasteiger partial charge in [-0.3, -0.25) is 0 Å². The van der Waals surface area contributed by atoms with E-state index in [9.17, 15) is 5.11 Å². The van der Waals surface area contributed by atoms with Gasteiger partial charge in [0.25, 0.3) is 0 Å². The van der Waals surface area contributed by atoms with Gasteiger partial charge >= 0.3 is 0 Å². The minimum Gasteiger partial charge on any atom is -0.390 e. The van der Waals surface area contributed by atoms with Gasteiger partial charge in [-0.25, -0.2) is 4.98 Å². The van der Waals surface area contributed by atoms with Gasteiger partial charge < -0.3 is 9.67 Å². The standard InChI is InChI=1S/C41H49ClN6O/c1-2-3-23-38-43-39(42)37(29-49)47(38)28-30-24-26-31(27-25-30)35-21-13-14-22-36(35)40-44-46-48(45-40)41(32-15-7-4-8-16-32,33-17-9-5-10-18-33)34-19-11-6-12-20-34/h4-12,15-20,30-31,35-36,49H,2-3,13-14,21-29H2,1H3. The Morgan fingerprint density at radius 1 is 0.796 bits per heavy atom. The molecule has 0 saturated heterocycles. The maximum absolute atomic E-state index is 10.1. The van der Waals surface area contributed by atoms with Crippen molar-refractivity contribution in [3.8, 4) is 0 Å². The molecule has 7 rings (SSSR count). The van der Waals surface area contributed by atoms with Gasteiger partial charge in [0, 0.05) is 18.9 Å². The molecule has 2 saturated carbocycles. The summed E-state index contributed by atoms with van der Waals surface area (Å²) in [4.78, 5) is 6.54. The molecule has 2 aliphatic rings. The minimum atomic E-state index is -0.753. The van der Waals surface area contributed by atoms with Crippen LogP contribution in [0, 0.1) is 17.8 Å². The van der Waals surface area contributed by atoms with Crippen LogP contribution in [-0.4, -0.2) is 34.9 Å². The van der Waals surface area contributed by atoms with E-state index in [1.165, 1.54) is 44.9 Å². The van der Waals surface area contributed by atoms with E-state index in [1.54, 1.807) is 0 Å². The van der Waals surface area contributed by atoms with Gasteiger partial charge in [-0.1, -0.05) is 129 Å². The highest BCUT2D eigenvalue weighted by molar-refractivity contribution is 6.30. The van der Waals surface area contributed by atoms with Crippen LogP contribution < -0.4 is 0 Å². The Bertz CT molecular complexity index is 1670. The second kappa shape index (κ2) is 15.4. The number of aliphatic hydroxyl groups is 1. The molecular weight excluding hydrogens is 628 g/mol. The number of nitrogens with zero attached hydrogens (tertiary/aromatic N) is 6. The van der Waals surface area contributed by atoms with E-state index in [-0.39, 0.29) is 6.61 Å². The Morgan fingerprint density at radius 2 is 1.39 bits per heavy atom. The molecule has 2 aliphatic carbocycles. The molecule has 0 radical (unpaired) electrons. The fraction of sp³-hybridized carbons (Fsp3) is 0.463. The Kier molecular flexibility index (Phi) is 10.6. The average Bonchev–Trinajstić information content (AvgIpc) is 3.77. The van der Waals surface area contributed by atoms with Crippen LogP contribution in [0.3, 0.4) is 0 Å². The summed E-state index contributed by atoms with van der Waals surface area (Å²) in [6, 6.07) is 31.8. The predicted octanol–water partition coefficient (Wildman–Crippen LogP) is 8.98. The van der Waals surface area contributed by atoms with E-state index in [0.29, 0.717) is 28.8 Å². The van der Waals surface area contributed by atoms with Gasteiger partial charge in [0.2, 0.25) is 0 Å². The molecule has 2 unspecified atom stereocenters. The van der Waals surface area contributed by atoms with Crippen molar-refractivity contribution in [3.63, 3.8) is 0 Å². The number of rotatable bonds is 12. The molecule has 0 bridgehead atoms. The molecule has 49 heavy (non-hydrogen) atoms. The molecule has 2 heterocycles. The van der Waals surface area contributed by atoms with Crippen LogP contribution in [-0.2, 0) is 25.1 Å². The maximum atomic E-state index is 10.1. The summed E-state index contributed by atoms with van der Waals surface area (Å²) < 4.78 is 2.23. The summed E-state index contributed by atoms with van der Waals surface area (Å²) in [6.45, 7) is 3.03. The van der Waals surface area contributed by atoms with Crippen LogP contribution in [0.4, 0.5) is 0 Å². The first-order chi connectivity index (χ1) is 24.1. The van der Waals surface area contributed by atoms with Gasteiger partial charge in [0.15, 0.2) is 16.5 Å². The van der Waals surface area contributed by atoms with Gasteiger partial charge in [0.1, 0.15) is 5.82 Å². The van der Waals surface area contributed by atoms with Crippen molar-refractivity contribution in [3.05, 3.63) is 130 Å². The highest BCUT2D eigenvalue weighted by Crippen LogP contribution is 2.47. The maximum Gasteiger partial charge on any atom is 0.178 e. The lowest BCUT2D eigenvalue weighted by atomic mass is 9.66. The number of unbranched alkanes of at least 4 members (excludes halogenated alkanes) is 1. The lowest BCUT2D eigenvalue weighted by Gasteiger charge is -2.39. The molecule has 3 aromatic carbocycles. The third-order valence-electron chi connectivity index (χ3n) is 11.4.